The predicted octanol–water partition coefficient (Wildman–Crippen LogP) is 4.78. The number of aromatic nitrogens is 2. The molecule has 4 nitrogen and oxygen atoms in total. The summed E-state index contributed by atoms with van der Waals surface area (Å²) in [4.78, 5) is 7.62. The maximum Gasteiger partial charge on any atom is 0.433 e. The minimum Gasteiger partial charge on any atom is -0.324 e. The van der Waals surface area contributed by atoms with E-state index in [2.05, 4.69) is 20.6 Å². The molecule has 2 N–H and O–H groups in total. The smallest absolute Gasteiger partial charge is 0.324 e. The van der Waals surface area contributed by atoms with Crippen molar-refractivity contribution in [2.24, 2.45) is 0 Å². The highest BCUT2D eigenvalue weighted by Crippen LogP contribution is 2.31. The van der Waals surface area contributed by atoms with Gasteiger partial charge in [0.15, 0.2) is 5.69 Å². The van der Waals surface area contributed by atoms with Crippen LogP contribution in [-0.4, -0.2) is 16.0 Å². The zero-order chi connectivity index (χ0) is 17.7. The van der Waals surface area contributed by atoms with Gasteiger partial charge in [-0.25, -0.2) is 9.97 Å². The Morgan fingerprint density at radius 1 is 1.29 bits per heavy atom. The van der Waals surface area contributed by atoms with Crippen LogP contribution in [0.5, 0.6) is 0 Å². The van der Waals surface area contributed by atoms with E-state index in [1.165, 1.54) is 6.20 Å². The molecule has 1 heterocycles. The van der Waals surface area contributed by atoms with Crippen molar-refractivity contribution in [2.45, 2.75) is 39.0 Å². The lowest BCUT2D eigenvalue weighted by atomic mass is 10.2. The van der Waals surface area contributed by atoms with Crippen LogP contribution in [0.3, 0.4) is 0 Å². The minimum absolute atomic E-state index is 0.0134. The molecule has 0 aliphatic rings. The molecule has 1 aromatic carbocycles. The summed E-state index contributed by atoms with van der Waals surface area (Å²) in [5.74, 6) is -0.128. The largest absolute Gasteiger partial charge is 0.433 e. The van der Waals surface area contributed by atoms with Gasteiger partial charge in [0.2, 0.25) is 5.95 Å². The van der Waals surface area contributed by atoms with Crippen LogP contribution in [0.1, 0.15) is 31.5 Å². The predicted molar refractivity (Wildman–Crippen MR) is 88.4 cm³/mol. The number of halogens is 4. The van der Waals surface area contributed by atoms with Gasteiger partial charge in [0.1, 0.15) is 0 Å². The Kier molecular flexibility index (Phi) is 6.01. The molecule has 0 bridgehead atoms. The van der Waals surface area contributed by atoms with Crippen LogP contribution in [0.15, 0.2) is 30.5 Å². The van der Waals surface area contributed by atoms with Gasteiger partial charge in [-0.15, -0.1) is 0 Å². The van der Waals surface area contributed by atoms with Gasteiger partial charge >= 0.3 is 6.18 Å². The molecule has 1 unspecified atom stereocenters. The fraction of sp³-hybridized carbons (Fsp3) is 0.375. The van der Waals surface area contributed by atoms with Gasteiger partial charge in [-0.1, -0.05) is 24.6 Å². The van der Waals surface area contributed by atoms with Gasteiger partial charge in [0, 0.05) is 35.1 Å². The number of nitrogens with one attached hydrogen (secondary N) is 2. The Morgan fingerprint density at radius 3 is 2.67 bits per heavy atom. The van der Waals surface area contributed by atoms with Crippen LogP contribution in [0, 0.1) is 0 Å². The third kappa shape index (κ3) is 5.07. The van der Waals surface area contributed by atoms with E-state index in [4.69, 9.17) is 11.6 Å². The average Bonchev–Trinajstić information content (AvgIpc) is 2.52. The highest BCUT2D eigenvalue weighted by molar-refractivity contribution is 6.30. The van der Waals surface area contributed by atoms with Crippen molar-refractivity contribution >= 4 is 23.2 Å². The zero-order valence-corrected chi connectivity index (χ0v) is 14.0. The molecule has 8 heteroatoms. The van der Waals surface area contributed by atoms with Crippen LogP contribution < -0.4 is 10.6 Å². The Balaban J connectivity index is 2.25. The summed E-state index contributed by atoms with van der Waals surface area (Å²) in [5, 5.41) is 6.22. The summed E-state index contributed by atoms with van der Waals surface area (Å²) < 4.78 is 39.8. The molecular weight excluding hydrogens is 341 g/mol. The van der Waals surface area contributed by atoms with Crippen LogP contribution >= 0.6 is 11.6 Å². The van der Waals surface area contributed by atoms with Crippen molar-refractivity contribution in [3.8, 4) is 0 Å². The first kappa shape index (κ1) is 18.5. The van der Waals surface area contributed by atoms with Crippen LogP contribution in [0.2, 0.25) is 5.02 Å². The number of hydrogen-bond donors (Lipinski definition) is 2. The lowest BCUT2D eigenvalue weighted by molar-refractivity contribution is -0.141. The van der Waals surface area contributed by atoms with Crippen molar-refractivity contribution in [1.82, 2.24) is 15.3 Å². The Labute approximate surface area is 143 Å². The Morgan fingerprint density at radius 2 is 2.04 bits per heavy atom. The molecule has 1 atom stereocenters. The zero-order valence-electron chi connectivity index (χ0n) is 13.3. The third-order valence-electron chi connectivity index (χ3n) is 3.47. The molecule has 0 radical (unpaired) electrons. The fourth-order valence-electron chi connectivity index (χ4n) is 1.97. The van der Waals surface area contributed by atoms with Gasteiger partial charge < -0.3 is 10.6 Å². The third-order valence-corrected chi connectivity index (χ3v) is 3.70. The molecule has 0 saturated carbocycles. The monoisotopic (exact) mass is 358 g/mol. The number of nitrogens with zero attached hydrogens (tertiary/aromatic N) is 2. The van der Waals surface area contributed by atoms with Crippen LogP contribution in [0.4, 0.5) is 24.8 Å². The molecule has 0 spiro atoms. The van der Waals surface area contributed by atoms with Crippen molar-refractivity contribution in [3.05, 3.63) is 46.7 Å². The summed E-state index contributed by atoms with van der Waals surface area (Å²) in [6.07, 6.45) is -2.55. The topological polar surface area (TPSA) is 49.8 Å². The van der Waals surface area contributed by atoms with E-state index in [1.54, 1.807) is 24.3 Å². The second-order valence-electron chi connectivity index (χ2n) is 5.39. The van der Waals surface area contributed by atoms with Gasteiger partial charge in [-0.3, -0.25) is 0 Å². The number of rotatable bonds is 6. The maximum atomic E-state index is 13.3. The van der Waals surface area contributed by atoms with E-state index in [0.717, 1.165) is 6.42 Å². The number of benzene rings is 1. The number of anilines is 2. The van der Waals surface area contributed by atoms with Crippen molar-refractivity contribution in [3.63, 3.8) is 0 Å². The van der Waals surface area contributed by atoms with Crippen molar-refractivity contribution in [1.29, 1.82) is 0 Å². The van der Waals surface area contributed by atoms with E-state index < -0.39 is 11.9 Å². The van der Waals surface area contributed by atoms with Crippen molar-refractivity contribution < 1.29 is 13.2 Å². The van der Waals surface area contributed by atoms with E-state index in [1.807, 2.05) is 13.8 Å². The molecule has 1 aromatic heterocycles. The quantitative estimate of drug-likeness (QED) is 0.780. The lowest BCUT2D eigenvalue weighted by Gasteiger charge is -2.16. The summed E-state index contributed by atoms with van der Waals surface area (Å²) in [6.45, 7) is 3.92. The Bertz CT molecular complexity index is 691. The van der Waals surface area contributed by atoms with Gasteiger partial charge in [0.05, 0.1) is 0 Å². The summed E-state index contributed by atoms with van der Waals surface area (Å²) in [6, 6.07) is 6.70. The lowest BCUT2D eigenvalue weighted by Crippen LogP contribution is -2.26. The molecule has 24 heavy (non-hydrogen) atoms. The molecule has 0 aliphatic heterocycles. The minimum atomic E-state index is -4.56. The molecule has 0 fully saturated rings. The van der Waals surface area contributed by atoms with Crippen LogP contribution in [0.25, 0.3) is 0 Å². The van der Waals surface area contributed by atoms with E-state index in [0.29, 0.717) is 10.7 Å². The molecule has 2 rings (SSSR count). The first-order chi connectivity index (χ1) is 11.3. The van der Waals surface area contributed by atoms with Gasteiger partial charge in [-0.2, -0.15) is 13.2 Å². The van der Waals surface area contributed by atoms with E-state index >= 15 is 0 Å². The molecule has 130 valence electrons. The second kappa shape index (κ2) is 7.81. The van der Waals surface area contributed by atoms with Gasteiger partial charge in [-0.05, 0) is 31.5 Å². The second-order valence-corrected chi connectivity index (χ2v) is 5.83. The number of hydrogen-bond acceptors (Lipinski definition) is 4. The fourth-order valence-corrected chi connectivity index (χ4v) is 2.16. The van der Waals surface area contributed by atoms with Crippen LogP contribution in [-0.2, 0) is 12.7 Å². The summed E-state index contributed by atoms with van der Waals surface area (Å²) in [5.41, 5.74) is -0.418. The molecule has 0 saturated heterocycles. The average molecular weight is 359 g/mol. The molecule has 0 amide bonds. The summed E-state index contributed by atoms with van der Waals surface area (Å²) >= 11 is 5.86. The normalized spacial score (nSPS) is 12.9. The van der Waals surface area contributed by atoms with E-state index in [-0.39, 0.29) is 24.1 Å². The molecular formula is C16H18ClF3N4. The summed E-state index contributed by atoms with van der Waals surface area (Å²) in [7, 11) is 0. The molecule has 0 aliphatic carbocycles. The van der Waals surface area contributed by atoms with Gasteiger partial charge in [0.25, 0.3) is 0 Å². The maximum absolute atomic E-state index is 13.3. The van der Waals surface area contributed by atoms with E-state index in [9.17, 15) is 13.2 Å². The first-order valence-corrected chi connectivity index (χ1v) is 7.86. The number of alkyl halides is 3. The van der Waals surface area contributed by atoms with Crippen molar-refractivity contribution in [2.75, 3.05) is 5.32 Å². The standard InChI is InChI=1S/C16H18ClF3N4/c1-3-10(2)21-8-11-9-22-15(24-14(11)16(18,19)20)23-13-6-4-5-12(17)7-13/h4-7,9-10,21H,3,8H2,1-2H3,(H,22,23,24). The SMILES string of the molecule is CCC(C)NCc1cnc(Nc2cccc(Cl)c2)nc1C(F)(F)F. The highest BCUT2D eigenvalue weighted by Gasteiger charge is 2.36. The Hall–Kier alpha value is -1.86. The molecule has 2 aromatic rings. The first-order valence-electron chi connectivity index (χ1n) is 7.48. The highest BCUT2D eigenvalue weighted by atomic mass is 35.5.